The van der Waals surface area contributed by atoms with E-state index in [-0.39, 0.29) is 6.10 Å². The number of benzene rings is 3. The summed E-state index contributed by atoms with van der Waals surface area (Å²) in [6, 6.07) is 27.4. The second-order valence-corrected chi connectivity index (χ2v) is 5.85. The number of fused-ring (bicyclic) bond motifs is 1. The molecule has 23 heavy (non-hydrogen) atoms. The molecular weight excluding hydrogens is 282 g/mol. The zero-order valence-electron chi connectivity index (χ0n) is 12.9. The fourth-order valence-electron chi connectivity index (χ4n) is 3.04. The Morgan fingerprint density at radius 1 is 0.826 bits per heavy atom. The molecule has 114 valence electrons. The predicted molar refractivity (Wildman–Crippen MR) is 93.3 cm³/mol. The van der Waals surface area contributed by atoms with Crippen LogP contribution in [0.15, 0.2) is 78.9 Å². The van der Waals surface area contributed by atoms with E-state index in [4.69, 9.17) is 4.74 Å². The van der Waals surface area contributed by atoms with Crippen LogP contribution in [0.4, 0.5) is 5.69 Å². The van der Waals surface area contributed by atoms with Crippen molar-refractivity contribution in [3.63, 3.8) is 0 Å². The highest BCUT2D eigenvalue weighted by atomic mass is 16.5. The van der Waals surface area contributed by atoms with Crippen LogP contribution in [0.25, 0.3) is 0 Å². The molecule has 0 spiro atoms. The molecule has 4 rings (SSSR count). The van der Waals surface area contributed by atoms with Gasteiger partial charge in [0.15, 0.2) is 0 Å². The van der Waals surface area contributed by atoms with Gasteiger partial charge in [-0.05, 0) is 34.4 Å². The Balaban J connectivity index is 1.47. The molecule has 0 radical (unpaired) electrons. The van der Waals surface area contributed by atoms with Gasteiger partial charge in [-0.25, -0.2) is 0 Å². The van der Waals surface area contributed by atoms with Gasteiger partial charge in [-0.15, -0.1) is 0 Å². The second kappa shape index (κ2) is 6.27. The van der Waals surface area contributed by atoms with Gasteiger partial charge < -0.3 is 10.1 Å². The molecule has 0 saturated heterocycles. The third-order valence-electron chi connectivity index (χ3n) is 4.30. The van der Waals surface area contributed by atoms with Crippen molar-refractivity contribution in [1.82, 2.24) is 0 Å². The minimum atomic E-state index is 0.0642. The summed E-state index contributed by atoms with van der Waals surface area (Å²) < 4.78 is 5.96. The average molecular weight is 301 g/mol. The maximum Gasteiger partial charge on any atom is 0.108 e. The lowest BCUT2D eigenvalue weighted by Crippen LogP contribution is -2.01. The summed E-state index contributed by atoms with van der Waals surface area (Å²) in [6.07, 6.45) is 0.0642. The first-order valence-corrected chi connectivity index (χ1v) is 7.97. The normalized spacial score (nSPS) is 16.1. The lowest BCUT2D eigenvalue weighted by molar-refractivity contribution is 0.0939. The molecule has 1 atom stereocenters. The first kappa shape index (κ1) is 14.0. The Bertz CT molecular complexity index is 780. The van der Waals surface area contributed by atoms with E-state index in [1.807, 2.05) is 6.07 Å². The van der Waals surface area contributed by atoms with Gasteiger partial charge >= 0.3 is 0 Å². The summed E-state index contributed by atoms with van der Waals surface area (Å²) >= 11 is 0. The molecule has 1 heterocycles. The fourth-order valence-corrected chi connectivity index (χ4v) is 3.04. The Kier molecular flexibility index (Phi) is 3.83. The van der Waals surface area contributed by atoms with E-state index in [2.05, 4.69) is 78.1 Å². The van der Waals surface area contributed by atoms with Crippen LogP contribution in [0.5, 0.6) is 0 Å². The van der Waals surface area contributed by atoms with Crippen LogP contribution in [-0.4, -0.2) is 0 Å². The van der Waals surface area contributed by atoms with Gasteiger partial charge in [0.2, 0.25) is 0 Å². The molecule has 1 aliphatic heterocycles. The topological polar surface area (TPSA) is 21.3 Å². The van der Waals surface area contributed by atoms with Crippen molar-refractivity contribution in [3.05, 3.63) is 101 Å². The quantitative estimate of drug-likeness (QED) is 0.738. The molecule has 2 nitrogen and oxygen atoms in total. The molecule has 1 N–H and O–H groups in total. The lowest BCUT2D eigenvalue weighted by atomic mass is 9.99. The van der Waals surface area contributed by atoms with E-state index in [1.165, 1.54) is 22.3 Å². The highest BCUT2D eigenvalue weighted by molar-refractivity contribution is 5.48. The largest absolute Gasteiger partial charge is 0.381 e. The molecule has 3 aromatic rings. The van der Waals surface area contributed by atoms with Gasteiger partial charge in [0.1, 0.15) is 6.10 Å². The van der Waals surface area contributed by atoms with Gasteiger partial charge in [0.25, 0.3) is 0 Å². The smallest absolute Gasteiger partial charge is 0.108 e. The van der Waals surface area contributed by atoms with Crippen LogP contribution in [-0.2, 0) is 17.9 Å². The van der Waals surface area contributed by atoms with Crippen molar-refractivity contribution in [2.75, 3.05) is 5.32 Å². The summed E-state index contributed by atoms with van der Waals surface area (Å²) in [7, 11) is 0. The Morgan fingerprint density at radius 3 is 2.39 bits per heavy atom. The van der Waals surface area contributed by atoms with Crippen molar-refractivity contribution in [2.24, 2.45) is 0 Å². The zero-order chi connectivity index (χ0) is 15.5. The number of ether oxygens (including phenoxy) is 1. The molecule has 3 aromatic carbocycles. The first-order chi connectivity index (χ1) is 11.4. The SMILES string of the molecule is c1ccc(CNc2ccc(C3OCc4ccccc43)cc2)cc1. The van der Waals surface area contributed by atoms with Crippen LogP contribution in [0.2, 0.25) is 0 Å². The van der Waals surface area contributed by atoms with Gasteiger partial charge in [-0.3, -0.25) is 0 Å². The van der Waals surface area contributed by atoms with Crippen LogP contribution >= 0.6 is 0 Å². The maximum atomic E-state index is 5.96. The van der Waals surface area contributed by atoms with E-state index >= 15 is 0 Å². The third kappa shape index (κ3) is 2.99. The zero-order valence-corrected chi connectivity index (χ0v) is 12.9. The molecule has 0 bridgehead atoms. The number of rotatable bonds is 4. The molecule has 0 aromatic heterocycles. The summed E-state index contributed by atoms with van der Waals surface area (Å²) in [5.74, 6) is 0. The van der Waals surface area contributed by atoms with E-state index in [9.17, 15) is 0 Å². The minimum absolute atomic E-state index is 0.0642. The predicted octanol–water partition coefficient (Wildman–Crippen LogP) is 4.92. The van der Waals surface area contributed by atoms with Crippen LogP contribution in [0, 0.1) is 0 Å². The summed E-state index contributed by atoms with van der Waals surface area (Å²) in [5, 5.41) is 3.46. The summed E-state index contributed by atoms with van der Waals surface area (Å²) in [4.78, 5) is 0. The highest BCUT2D eigenvalue weighted by Crippen LogP contribution is 2.35. The van der Waals surface area contributed by atoms with Crippen molar-refractivity contribution < 1.29 is 4.74 Å². The second-order valence-electron chi connectivity index (χ2n) is 5.85. The average Bonchev–Trinajstić information content (AvgIpc) is 3.05. The van der Waals surface area contributed by atoms with Crippen molar-refractivity contribution in [1.29, 1.82) is 0 Å². The first-order valence-electron chi connectivity index (χ1n) is 7.97. The Hall–Kier alpha value is -2.58. The molecular formula is C21H19NO. The van der Waals surface area contributed by atoms with Crippen LogP contribution in [0.1, 0.15) is 28.4 Å². The fraction of sp³-hybridized carbons (Fsp3) is 0.143. The molecule has 1 aliphatic rings. The monoisotopic (exact) mass is 301 g/mol. The van der Waals surface area contributed by atoms with Crippen molar-refractivity contribution in [3.8, 4) is 0 Å². The number of hydrogen-bond donors (Lipinski definition) is 1. The number of anilines is 1. The molecule has 0 saturated carbocycles. The molecule has 2 heteroatoms. The minimum Gasteiger partial charge on any atom is -0.381 e. The molecule has 1 unspecified atom stereocenters. The third-order valence-corrected chi connectivity index (χ3v) is 4.30. The van der Waals surface area contributed by atoms with E-state index < -0.39 is 0 Å². The summed E-state index contributed by atoms with van der Waals surface area (Å²) in [6.45, 7) is 1.54. The molecule has 0 aliphatic carbocycles. The summed E-state index contributed by atoms with van der Waals surface area (Å²) in [5.41, 5.74) is 6.20. The lowest BCUT2D eigenvalue weighted by Gasteiger charge is -2.13. The van der Waals surface area contributed by atoms with Gasteiger partial charge in [-0.1, -0.05) is 66.7 Å². The van der Waals surface area contributed by atoms with E-state index in [0.29, 0.717) is 6.61 Å². The number of hydrogen-bond acceptors (Lipinski definition) is 2. The highest BCUT2D eigenvalue weighted by Gasteiger charge is 2.23. The molecule has 0 fully saturated rings. The van der Waals surface area contributed by atoms with E-state index in [1.54, 1.807) is 0 Å². The van der Waals surface area contributed by atoms with Crippen molar-refractivity contribution in [2.45, 2.75) is 19.3 Å². The van der Waals surface area contributed by atoms with Crippen LogP contribution in [0.3, 0.4) is 0 Å². The standard InChI is InChI=1S/C21H19NO/c1-2-6-16(7-3-1)14-22-19-12-10-17(11-13-19)21-20-9-5-4-8-18(20)15-23-21/h1-13,21-22H,14-15H2. The van der Waals surface area contributed by atoms with Gasteiger partial charge in [0, 0.05) is 12.2 Å². The van der Waals surface area contributed by atoms with Crippen LogP contribution < -0.4 is 5.32 Å². The maximum absolute atomic E-state index is 5.96. The Morgan fingerprint density at radius 2 is 1.57 bits per heavy atom. The van der Waals surface area contributed by atoms with Crippen molar-refractivity contribution >= 4 is 5.69 Å². The molecule has 0 amide bonds. The number of nitrogens with one attached hydrogen (secondary N) is 1. The Labute approximate surface area is 136 Å². The van der Waals surface area contributed by atoms with Gasteiger partial charge in [0.05, 0.1) is 6.61 Å². The van der Waals surface area contributed by atoms with E-state index in [0.717, 1.165) is 12.2 Å². The van der Waals surface area contributed by atoms with Gasteiger partial charge in [-0.2, -0.15) is 0 Å².